The minimum absolute atomic E-state index is 0.0363. The molecule has 1 aliphatic heterocycles. The van der Waals surface area contributed by atoms with Crippen molar-refractivity contribution in [3.05, 3.63) is 12.7 Å². The molecule has 3 rings (SSSR count). The van der Waals surface area contributed by atoms with E-state index in [1.54, 1.807) is 0 Å². The topological polar surface area (TPSA) is 347 Å². The van der Waals surface area contributed by atoms with Crippen molar-refractivity contribution in [1.82, 2.24) is 30.2 Å². The van der Waals surface area contributed by atoms with Gasteiger partial charge in [0.05, 0.1) is 19.5 Å². The number of nitrogens with two attached hydrogens (primary N) is 1. The quantitative estimate of drug-likeness (QED) is 0.0662. The molecule has 0 spiro atoms. The first-order chi connectivity index (χ1) is 23.2. The highest BCUT2D eigenvalue weighted by Crippen LogP contribution is 2.61. The largest absolute Gasteiger partial charge is 0.481 e. The van der Waals surface area contributed by atoms with Gasteiger partial charge in [-0.25, -0.2) is 28.6 Å². The first-order valence-corrected chi connectivity index (χ1v) is 19.8. The van der Waals surface area contributed by atoms with Gasteiger partial charge in [-0.3, -0.25) is 27.7 Å². The molecule has 2 unspecified atom stereocenters. The van der Waals surface area contributed by atoms with Crippen molar-refractivity contribution >= 4 is 64.9 Å². The van der Waals surface area contributed by atoms with Gasteiger partial charge in [-0.1, -0.05) is 27.7 Å². The summed E-state index contributed by atoms with van der Waals surface area (Å²) in [6, 6.07) is 0. The third-order valence-electron chi connectivity index (χ3n) is 6.51. The Balaban J connectivity index is 0.00000425. The molecule has 0 aromatic carbocycles. The Bertz CT molecular complexity index is 1600. The third kappa shape index (κ3) is 12.8. The predicted octanol–water partition coefficient (Wildman–Crippen LogP) is -0.639. The van der Waals surface area contributed by atoms with E-state index in [-0.39, 0.29) is 35.9 Å². The van der Waals surface area contributed by atoms with Crippen LogP contribution in [0.3, 0.4) is 0 Å². The van der Waals surface area contributed by atoms with Crippen LogP contribution in [-0.2, 0) is 45.9 Å². The Morgan fingerprint density at radius 3 is 2.34 bits per heavy atom. The van der Waals surface area contributed by atoms with Gasteiger partial charge < -0.3 is 50.9 Å². The molecule has 50 heavy (non-hydrogen) atoms. The Morgan fingerprint density at radius 2 is 1.72 bits per heavy atom. The minimum atomic E-state index is -5.54. The molecular formula is C23H42N7O16P3S. The van der Waals surface area contributed by atoms with Gasteiger partial charge in [0.15, 0.2) is 17.7 Å². The smallest absolute Gasteiger partial charge is 0.386 e. The number of thiol groups is 1. The van der Waals surface area contributed by atoms with E-state index in [2.05, 4.69) is 47.0 Å². The molecule has 1 saturated heterocycles. The van der Waals surface area contributed by atoms with Crippen LogP contribution in [0.4, 0.5) is 5.82 Å². The molecule has 2 aromatic rings. The van der Waals surface area contributed by atoms with Crippen molar-refractivity contribution in [3.8, 4) is 0 Å². The second kappa shape index (κ2) is 18.6. The molecule has 0 radical (unpaired) electrons. The molecule has 0 saturated carbocycles. The summed E-state index contributed by atoms with van der Waals surface area (Å²) in [5, 5.41) is 26.1. The molecule has 10 N–H and O–H groups in total. The molecule has 0 aliphatic carbocycles. The number of rotatable bonds is 18. The number of ether oxygens (including phenoxy) is 1. The summed E-state index contributed by atoms with van der Waals surface area (Å²) in [4.78, 5) is 74.6. The van der Waals surface area contributed by atoms with Gasteiger partial charge in [0.2, 0.25) is 11.8 Å². The third-order valence-corrected chi connectivity index (χ3v) is 9.83. The van der Waals surface area contributed by atoms with Gasteiger partial charge in [0, 0.05) is 30.7 Å². The zero-order chi connectivity index (χ0) is 38.1. The molecule has 1 aliphatic rings. The van der Waals surface area contributed by atoms with Crippen LogP contribution in [0.5, 0.6) is 0 Å². The Labute approximate surface area is 291 Å². The number of fused-ring (bicyclic) bond motifs is 1. The highest BCUT2D eigenvalue weighted by molar-refractivity contribution is 7.80. The number of phosphoric acid groups is 3. The normalized spacial score (nSPS) is 22.5. The SMILES string of the molecule is CC.CC(C)(COP(=O)(O)OP(=O)(O)OC[C@H]1O[C@@H](n2cnc3c(N)ncnc32)[C@H](O)[C@@H]1OP(=O)(O)O)[C@@H](O)C(=O)NCCC(=O)NCCS. The highest BCUT2D eigenvalue weighted by atomic mass is 32.1. The van der Waals surface area contributed by atoms with Gasteiger partial charge in [0.25, 0.3) is 0 Å². The number of nitrogens with one attached hydrogen (secondary N) is 2. The maximum atomic E-state index is 12.6. The van der Waals surface area contributed by atoms with Crippen LogP contribution in [0.1, 0.15) is 40.3 Å². The maximum Gasteiger partial charge on any atom is 0.481 e. The van der Waals surface area contributed by atoms with Gasteiger partial charge >= 0.3 is 23.5 Å². The lowest BCUT2D eigenvalue weighted by Crippen LogP contribution is -2.46. The first-order valence-electron chi connectivity index (χ1n) is 14.7. The number of phosphoric ester groups is 3. The number of imidazole rings is 1. The summed E-state index contributed by atoms with van der Waals surface area (Å²) in [6.45, 7) is 4.72. The van der Waals surface area contributed by atoms with E-state index in [1.807, 2.05) is 13.8 Å². The number of nitrogens with zero attached hydrogens (tertiary/aromatic N) is 4. The number of hydrogen-bond donors (Lipinski definition) is 10. The average molecular weight is 798 g/mol. The van der Waals surface area contributed by atoms with E-state index in [0.29, 0.717) is 12.3 Å². The lowest BCUT2D eigenvalue weighted by Gasteiger charge is -2.30. The van der Waals surface area contributed by atoms with Crippen LogP contribution in [0.15, 0.2) is 12.7 Å². The molecule has 286 valence electrons. The minimum Gasteiger partial charge on any atom is -0.386 e. The van der Waals surface area contributed by atoms with Gasteiger partial charge in [-0.05, 0) is 0 Å². The van der Waals surface area contributed by atoms with Gasteiger partial charge in [0.1, 0.15) is 36.3 Å². The number of aliphatic hydroxyl groups excluding tert-OH is 2. The fraction of sp³-hybridized carbons (Fsp3) is 0.696. The van der Waals surface area contributed by atoms with Crippen molar-refractivity contribution < 1.29 is 75.7 Å². The van der Waals surface area contributed by atoms with Crippen LogP contribution in [0.25, 0.3) is 11.2 Å². The lowest BCUT2D eigenvalue weighted by atomic mass is 9.87. The highest BCUT2D eigenvalue weighted by Gasteiger charge is 2.50. The second-order valence-corrected chi connectivity index (χ2v) is 15.5. The van der Waals surface area contributed by atoms with Gasteiger partial charge in [-0.2, -0.15) is 16.9 Å². The molecule has 2 amide bonds. The zero-order valence-electron chi connectivity index (χ0n) is 27.2. The van der Waals surface area contributed by atoms with Crippen molar-refractivity contribution in [3.63, 3.8) is 0 Å². The summed E-state index contributed by atoms with van der Waals surface area (Å²) in [7, 11) is -16.3. The van der Waals surface area contributed by atoms with Gasteiger partial charge in [-0.15, -0.1) is 0 Å². The van der Waals surface area contributed by atoms with E-state index >= 15 is 0 Å². The number of hydrogen-bond acceptors (Lipinski definition) is 17. The average Bonchev–Trinajstić information content (AvgIpc) is 3.58. The number of nitrogen functional groups attached to an aromatic ring is 1. The molecule has 1 fully saturated rings. The van der Waals surface area contributed by atoms with Crippen LogP contribution in [-0.4, -0.2) is 118 Å². The lowest BCUT2D eigenvalue weighted by molar-refractivity contribution is -0.137. The number of carbonyl (C=O) groups excluding carboxylic acids is 2. The number of aliphatic hydroxyl groups is 2. The molecule has 27 heteroatoms. The fourth-order valence-electron chi connectivity index (χ4n) is 4.14. The number of amides is 2. The second-order valence-electron chi connectivity index (χ2n) is 10.8. The molecule has 7 atom stereocenters. The molecular weight excluding hydrogens is 755 g/mol. The van der Waals surface area contributed by atoms with Crippen molar-refractivity contribution in [2.75, 3.05) is 37.8 Å². The fourth-order valence-corrected chi connectivity index (χ4v) is 7.08. The van der Waals surface area contributed by atoms with Crippen molar-refractivity contribution in [2.24, 2.45) is 5.41 Å². The van der Waals surface area contributed by atoms with Crippen LogP contribution in [0, 0.1) is 5.41 Å². The zero-order valence-corrected chi connectivity index (χ0v) is 30.8. The van der Waals surface area contributed by atoms with E-state index in [9.17, 15) is 53.1 Å². The first kappa shape index (κ1) is 44.1. The maximum absolute atomic E-state index is 12.6. The van der Waals surface area contributed by atoms with E-state index < -0.39 is 78.6 Å². The molecule has 0 bridgehead atoms. The van der Waals surface area contributed by atoms with Crippen LogP contribution < -0.4 is 16.4 Å². The Hall–Kier alpha value is -2.11. The number of carbonyl (C=O) groups is 2. The Kier molecular flexibility index (Phi) is 16.4. The predicted molar refractivity (Wildman–Crippen MR) is 175 cm³/mol. The van der Waals surface area contributed by atoms with Crippen LogP contribution in [0.2, 0.25) is 0 Å². The molecule has 23 nitrogen and oxygen atoms in total. The molecule has 2 aromatic heterocycles. The summed E-state index contributed by atoms with van der Waals surface area (Å²) in [5.74, 6) is -0.943. The monoisotopic (exact) mass is 797 g/mol. The van der Waals surface area contributed by atoms with Crippen molar-refractivity contribution in [1.29, 1.82) is 0 Å². The van der Waals surface area contributed by atoms with E-state index in [4.69, 9.17) is 19.5 Å². The molecule has 3 heterocycles. The summed E-state index contributed by atoms with van der Waals surface area (Å²) >= 11 is 3.95. The van der Waals surface area contributed by atoms with Crippen LogP contribution >= 0.6 is 36.1 Å². The summed E-state index contributed by atoms with van der Waals surface area (Å²) in [6.07, 6.45) is -6.74. The number of anilines is 1. The van der Waals surface area contributed by atoms with Crippen molar-refractivity contribution in [2.45, 2.75) is 64.8 Å². The van der Waals surface area contributed by atoms with E-state index in [0.717, 1.165) is 17.2 Å². The summed E-state index contributed by atoms with van der Waals surface area (Å²) in [5.41, 5.74) is 4.30. The standard InChI is InChI=1S/C21H36N7O16P3S.C2H6/c1-21(2,16(31)19(32)24-4-3-12(29)23-5-6-48)8-41-47(38,39)44-46(36,37)40-7-11-15(43-45(33,34)35)14(30)20(42-11)28-10-27-13-17(22)25-9-26-18(13)28;1-2/h9-11,14-16,20,30-31,48H,3-8H2,1-2H3,(H,23,29)(H,24,32)(H,36,37)(H,38,39)(H2,22,25,26)(H2,33,34,35);1-2H3/t11-,14-,15-,16+,20-;/m1./s1. The Morgan fingerprint density at radius 1 is 1.08 bits per heavy atom. The number of aromatic nitrogens is 4. The van der Waals surface area contributed by atoms with E-state index in [1.165, 1.54) is 13.8 Å². The summed E-state index contributed by atoms with van der Waals surface area (Å²) < 4.78 is 61.7.